The summed E-state index contributed by atoms with van der Waals surface area (Å²) in [6.07, 6.45) is -8.19. The third-order valence-electron chi connectivity index (χ3n) is 2.10. The maximum atomic E-state index is 12.6. The zero-order chi connectivity index (χ0) is 14.1. The minimum absolute atomic E-state index is 0.153. The normalized spacial score (nSPS) is 11.9. The van der Waals surface area contributed by atoms with Crippen LogP contribution in [-0.2, 0) is 12.7 Å². The van der Waals surface area contributed by atoms with Crippen molar-refractivity contribution in [3.8, 4) is 0 Å². The van der Waals surface area contributed by atoms with Crippen molar-refractivity contribution in [1.29, 1.82) is 0 Å². The van der Waals surface area contributed by atoms with Crippen molar-refractivity contribution in [1.82, 2.24) is 4.98 Å². The largest absolute Gasteiger partial charge is 0.418 e. The molecule has 1 amide bonds. The number of pyridine rings is 1. The monoisotopic (exact) mass is 269 g/mol. The van der Waals surface area contributed by atoms with E-state index in [-0.39, 0.29) is 6.07 Å². The Morgan fingerprint density at radius 1 is 1.39 bits per heavy atom. The van der Waals surface area contributed by atoms with Crippen LogP contribution in [0.2, 0.25) is 0 Å². The molecule has 0 unspecified atom stereocenters. The smallest absolute Gasteiger partial charge is 0.364 e. The molecule has 0 aliphatic carbocycles. The molecule has 0 saturated carbocycles. The predicted molar refractivity (Wildman–Crippen MR) is 50.6 cm³/mol. The number of nitrogens with two attached hydrogens (primary N) is 2. The van der Waals surface area contributed by atoms with Crippen LogP contribution in [0.15, 0.2) is 6.07 Å². The molecule has 0 aromatic carbocycles. The Kier molecular flexibility index (Phi) is 3.85. The minimum Gasteiger partial charge on any atom is -0.364 e. The quantitative estimate of drug-likeness (QED) is 0.817. The number of alkyl halides is 5. The Balaban J connectivity index is 3.58. The summed E-state index contributed by atoms with van der Waals surface area (Å²) in [7, 11) is 0. The lowest BCUT2D eigenvalue weighted by molar-refractivity contribution is -0.138. The summed E-state index contributed by atoms with van der Waals surface area (Å²) in [5.41, 5.74) is 5.65. The fourth-order valence-corrected chi connectivity index (χ4v) is 1.32. The first-order valence-electron chi connectivity index (χ1n) is 4.57. The van der Waals surface area contributed by atoms with E-state index >= 15 is 0 Å². The second-order valence-electron chi connectivity index (χ2n) is 3.29. The Hall–Kier alpha value is -1.77. The molecule has 0 aliphatic rings. The molecule has 100 valence electrons. The molecule has 0 bridgehead atoms. The molecule has 0 aliphatic heterocycles. The molecular formula is C9H8F5N3O. The highest BCUT2D eigenvalue weighted by molar-refractivity contribution is 5.92. The number of rotatable bonds is 3. The van der Waals surface area contributed by atoms with Crippen molar-refractivity contribution in [3.63, 3.8) is 0 Å². The summed E-state index contributed by atoms with van der Waals surface area (Å²) >= 11 is 0. The van der Waals surface area contributed by atoms with Crippen LogP contribution >= 0.6 is 0 Å². The zero-order valence-corrected chi connectivity index (χ0v) is 8.76. The zero-order valence-electron chi connectivity index (χ0n) is 8.76. The van der Waals surface area contributed by atoms with Crippen molar-refractivity contribution in [2.24, 2.45) is 11.5 Å². The van der Waals surface area contributed by atoms with Gasteiger partial charge in [-0.15, -0.1) is 0 Å². The number of primary amides is 1. The summed E-state index contributed by atoms with van der Waals surface area (Å²) in [6.45, 7) is -0.530. The topological polar surface area (TPSA) is 82.0 Å². The SMILES string of the molecule is NCc1nc(C(N)=O)c(C(F)(F)F)cc1C(F)F. The Labute approximate surface area is 97.8 Å². The van der Waals surface area contributed by atoms with Crippen LogP contribution in [0.1, 0.15) is 33.7 Å². The molecule has 0 fully saturated rings. The Morgan fingerprint density at radius 3 is 2.28 bits per heavy atom. The molecule has 1 heterocycles. The van der Waals surface area contributed by atoms with Crippen LogP contribution in [0.4, 0.5) is 22.0 Å². The first-order valence-corrected chi connectivity index (χ1v) is 4.57. The molecule has 0 radical (unpaired) electrons. The van der Waals surface area contributed by atoms with Gasteiger partial charge in [-0.2, -0.15) is 13.2 Å². The number of hydrogen-bond acceptors (Lipinski definition) is 3. The number of nitrogens with zero attached hydrogens (tertiary/aromatic N) is 1. The van der Waals surface area contributed by atoms with Crippen molar-refractivity contribution >= 4 is 5.91 Å². The van der Waals surface area contributed by atoms with Gasteiger partial charge in [0, 0.05) is 12.1 Å². The highest BCUT2D eigenvalue weighted by Gasteiger charge is 2.37. The average molecular weight is 269 g/mol. The number of hydrogen-bond donors (Lipinski definition) is 2. The second-order valence-corrected chi connectivity index (χ2v) is 3.29. The lowest BCUT2D eigenvalue weighted by Gasteiger charge is -2.14. The van der Waals surface area contributed by atoms with Crippen LogP contribution in [0.5, 0.6) is 0 Å². The number of carbonyl (C=O) groups excluding carboxylic acids is 1. The fourth-order valence-electron chi connectivity index (χ4n) is 1.32. The maximum absolute atomic E-state index is 12.6. The van der Waals surface area contributed by atoms with Crippen LogP contribution < -0.4 is 11.5 Å². The van der Waals surface area contributed by atoms with E-state index in [4.69, 9.17) is 11.5 Å². The van der Waals surface area contributed by atoms with Crippen LogP contribution in [0.25, 0.3) is 0 Å². The molecule has 4 nitrogen and oxygen atoms in total. The van der Waals surface area contributed by atoms with Gasteiger partial charge in [0.1, 0.15) is 5.69 Å². The first kappa shape index (κ1) is 14.3. The van der Waals surface area contributed by atoms with Gasteiger partial charge in [-0.3, -0.25) is 4.79 Å². The summed E-state index contributed by atoms with van der Waals surface area (Å²) in [5.74, 6) is -1.46. The van der Waals surface area contributed by atoms with E-state index in [1.54, 1.807) is 0 Å². The maximum Gasteiger partial charge on any atom is 0.418 e. The highest BCUT2D eigenvalue weighted by atomic mass is 19.4. The van der Waals surface area contributed by atoms with Crippen LogP contribution in [0.3, 0.4) is 0 Å². The van der Waals surface area contributed by atoms with Gasteiger partial charge in [0.2, 0.25) is 0 Å². The Bertz CT molecular complexity index is 472. The van der Waals surface area contributed by atoms with Crippen LogP contribution in [0, 0.1) is 0 Å². The summed E-state index contributed by atoms with van der Waals surface area (Å²) in [5, 5.41) is 0. The fraction of sp³-hybridized carbons (Fsp3) is 0.333. The highest BCUT2D eigenvalue weighted by Crippen LogP contribution is 2.34. The second kappa shape index (κ2) is 4.84. The lowest BCUT2D eigenvalue weighted by atomic mass is 10.1. The molecule has 0 spiro atoms. The van der Waals surface area contributed by atoms with Crippen molar-refractivity contribution < 1.29 is 26.7 Å². The standard InChI is InChI=1S/C9H8F5N3O/c10-7(11)3-1-4(9(12,13)14)6(8(16)18)17-5(3)2-15/h1,7H,2,15H2,(H2,16,18). The van der Waals surface area contributed by atoms with Crippen molar-refractivity contribution in [2.75, 3.05) is 0 Å². The van der Waals surface area contributed by atoms with Gasteiger partial charge < -0.3 is 11.5 Å². The van der Waals surface area contributed by atoms with Crippen LogP contribution in [-0.4, -0.2) is 10.9 Å². The third-order valence-corrected chi connectivity index (χ3v) is 2.10. The van der Waals surface area contributed by atoms with E-state index < -0.39 is 47.6 Å². The number of halogens is 5. The average Bonchev–Trinajstić information content (AvgIpc) is 2.25. The van der Waals surface area contributed by atoms with E-state index in [0.717, 1.165) is 0 Å². The minimum atomic E-state index is -5.01. The van der Waals surface area contributed by atoms with E-state index in [0.29, 0.717) is 0 Å². The predicted octanol–water partition coefficient (Wildman–Crippen LogP) is 1.60. The summed E-state index contributed by atoms with van der Waals surface area (Å²) in [4.78, 5) is 14.0. The molecule has 1 aromatic rings. The van der Waals surface area contributed by atoms with Crippen molar-refractivity contribution in [2.45, 2.75) is 19.1 Å². The van der Waals surface area contributed by atoms with E-state index in [1.165, 1.54) is 0 Å². The van der Waals surface area contributed by atoms with Gasteiger partial charge in [-0.25, -0.2) is 13.8 Å². The van der Waals surface area contributed by atoms with E-state index in [1.807, 2.05) is 0 Å². The molecule has 0 atom stereocenters. The first-order chi connectivity index (χ1) is 8.18. The molecule has 18 heavy (non-hydrogen) atoms. The summed E-state index contributed by atoms with van der Waals surface area (Å²) in [6, 6.07) is 0.153. The van der Waals surface area contributed by atoms with Gasteiger partial charge in [0.25, 0.3) is 12.3 Å². The number of carbonyl (C=O) groups is 1. The molecule has 1 rings (SSSR count). The molecule has 1 aromatic heterocycles. The van der Waals surface area contributed by atoms with Gasteiger partial charge in [-0.05, 0) is 6.07 Å². The van der Waals surface area contributed by atoms with Gasteiger partial charge >= 0.3 is 6.18 Å². The number of amides is 1. The lowest BCUT2D eigenvalue weighted by Crippen LogP contribution is -2.23. The summed E-state index contributed by atoms with van der Waals surface area (Å²) < 4.78 is 62.8. The van der Waals surface area contributed by atoms with Gasteiger partial charge in [0.05, 0.1) is 11.3 Å². The van der Waals surface area contributed by atoms with E-state index in [2.05, 4.69) is 4.98 Å². The third kappa shape index (κ3) is 2.73. The van der Waals surface area contributed by atoms with Gasteiger partial charge in [-0.1, -0.05) is 0 Å². The molecule has 0 saturated heterocycles. The number of aromatic nitrogens is 1. The molecule has 4 N–H and O–H groups in total. The van der Waals surface area contributed by atoms with E-state index in [9.17, 15) is 26.7 Å². The van der Waals surface area contributed by atoms with Gasteiger partial charge in [0.15, 0.2) is 0 Å². The molecular weight excluding hydrogens is 261 g/mol. The Morgan fingerprint density at radius 2 is 1.94 bits per heavy atom. The molecule has 9 heteroatoms. The van der Waals surface area contributed by atoms with Crippen molar-refractivity contribution in [3.05, 3.63) is 28.6 Å².